The van der Waals surface area contributed by atoms with Crippen molar-refractivity contribution >= 4 is 11.9 Å². The van der Waals surface area contributed by atoms with Crippen molar-refractivity contribution in [2.45, 2.75) is 103 Å². The topological polar surface area (TPSA) is 101 Å². The minimum Gasteiger partial charge on any atom is -0.459 e. The molecule has 1 N–H and O–H groups in total. The summed E-state index contributed by atoms with van der Waals surface area (Å²) in [6, 6.07) is 0. The normalized spacial score (nSPS) is 30.7. The van der Waals surface area contributed by atoms with Gasteiger partial charge in [-0.05, 0) is 120 Å². The van der Waals surface area contributed by atoms with Gasteiger partial charge in [0.05, 0.1) is 6.10 Å². The summed E-state index contributed by atoms with van der Waals surface area (Å²) in [7, 11) is 0. The summed E-state index contributed by atoms with van der Waals surface area (Å²) in [5, 5.41) is 9.37. The summed E-state index contributed by atoms with van der Waals surface area (Å²) in [5.41, 5.74) is 0.712. The highest BCUT2D eigenvalue weighted by Crippen LogP contribution is 2.46. The molecule has 3 fully saturated rings. The van der Waals surface area contributed by atoms with Crippen LogP contribution in [-0.2, 0) is 33.4 Å². The Bertz CT molecular complexity index is 771. The van der Waals surface area contributed by atoms with Gasteiger partial charge in [-0.2, -0.15) is 0 Å². The van der Waals surface area contributed by atoms with E-state index in [1.165, 1.54) is 38.5 Å². The largest absolute Gasteiger partial charge is 0.459 e. The molecule has 0 aromatic heterocycles. The van der Waals surface area contributed by atoms with E-state index in [0.717, 1.165) is 62.2 Å². The molecule has 0 bridgehead atoms. The molecular weight excluding hydrogens is 488 g/mol. The van der Waals surface area contributed by atoms with Crippen molar-refractivity contribution in [3.63, 3.8) is 0 Å². The molecule has 3 rings (SSSR count). The quantitative estimate of drug-likeness (QED) is 0.0741. The Morgan fingerprint density at radius 3 is 1.63 bits per heavy atom. The number of carbonyl (C=O) groups is 2. The fourth-order valence-corrected chi connectivity index (χ4v) is 6.73. The first-order valence-electron chi connectivity index (χ1n) is 14.4. The molecular formula is C30H48O8. The van der Waals surface area contributed by atoms with Crippen molar-refractivity contribution in [3.05, 3.63) is 24.3 Å². The smallest absolute Gasteiger partial charge is 0.335 e. The zero-order chi connectivity index (χ0) is 27.5. The molecule has 1 atom stereocenters. The Hall–Kier alpha value is -1.74. The molecule has 38 heavy (non-hydrogen) atoms. The van der Waals surface area contributed by atoms with Crippen molar-refractivity contribution in [1.82, 2.24) is 0 Å². The van der Waals surface area contributed by atoms with Crippen molar-refractivity contribution < 1.29 is 38.7 Å². The van der Waals surface area contributed by atoms with E-state index >= 15 is 0 Å². The lowest BCUT2D eigenvalue weighted by molar-refractivity contribution is -0.299. The van der Waals surface area contributed by atoms with Crippen molar-refractivity contribution in [1.29, 1.82) is 0 Å². The molecule has 0 aromatic rings. The molecule has 3 aliphatic carbocycles. The molecule has 0 amide bonds. The summed E-state index contributed by atoms with van der Waals surface area (Å²) >= 11 is 0. The fraction of sp³-hybridized carbons (Fsp3) is 0.800. The average molecular weight is 537 g/mol. The Morgan fingerprint density at radius 1 is 0.711 bits per heavy atom. The summed E-state index contributed by atoms with van der Waals surface area (Å²) in [4.78, 5) is 27.7. The second-order valence-electron chi connectivity index (χ2n) is 11.7. The molecule has 0 radical (unpaired) electrons. The molecule has 3 aliphatic rings. The molecule has 0 aliphatic heterocycles. The maximum Gasteiger partial charge on any atom is 0.335 e. The maximum atomic E-state index is 11.7. The van der Waals surface area contributed by atoms with Crippen LogP contribution < -0.4 is 0 Å². The standard InChI is InChI=1S/C30H48O8/c1-20(2)29(31)35-17-28(38-33)26-11-9-24(10-12-26)22-5-7-23(8-6-22)25-13-15-27(16-14-25)36-18-34-19-37-30(32)21(3)4/h22-28,33H,1,3,5-19H2,2,4H3. The maximum absolute atomic E-state index is 11.7. The van der Waals surface area contributed by atoms with Gasteiger partial charge in [0.15, 0.2) is 13.6 Å². The predicted octanol–water partition coefficient (Wildman–Crippen LogP) is 6.20. The molecule has 1 unspecified atom stereocenters. The van der Waals surface area contributed by atoms with E-state index < -0.39 is 18.0 Å². The van der Waals surface area contributed by atoms with Gasteiger partial charge < -0.3 is 18.9 Å². The van der Waals surface area contributed by atoms with Crippen LogP contribution in [0.1, 0.15) is 90.9 Å². The summed E-state index contributed by atoms with van der Waals surface area (Å²) in [6.45, 7) is 10.5. The number of rotatable bonds is 13. The van der Waals surface area contributed by atoms with Crippen LogP contribution in [0.25, 0.3) is 0 Å². The van der Waals surface area contributed by atoms with Crippen molar-refractivity contribution in [3.8, 4) is 0 Å². The minimum atomic E-state index is -0.459. The van der Waals surface area contributed by atoms with Crippen LogP contribution in [0.4, 0.5) is 0 Å². The van der Waals surface area contributed by atoms with Gasteiger partial charge in [-0.25, -0.2) is 14.5 Å². The summed E-state index contributed by atoms with van der Waals surface area (Å²) in [6.07, 6.45) is 14.0. The van der Waals surface area contributed by atoms with Crippen LogP contribution in [0.2, 0.25) is 0 Å². The second-order valence-corrected chi connectivity index (χ2v) is 11.7. The van der Waals surface area contributed by atoms with Crippen LogP contribution in [0.5, 0.6) is 0 Å². The molecule has 0 aromatic carbocycles. The zero-order valence-electron chi connectivity index (χ0n) is 23.4. The zero-order valence-corrected chi connectivity index (χ0v) is 23.4. The van der Waals surface area contributed by atoms with Crippen LogP contribution in [0.3, 0.4) is 0 Å². The third kappa shape index (κ3) is 9.47. The molecule has 0 saturated heterocycles. The van der Waals surface area contributed by atoms with E-state index in [1.54, 1.807) is 13.8 Å². The van der Waals surface area contributed by atoms with E-state index in [4.69, 9.17) is 23.8 Å². The first kappa shape index (κ1) is 30.8. The molecule has 8 nitrogen and oxygen atoms in total. The third-order valence-electron chi connectivity index (χ3n) is 9.08. The van der Waals surface area contributed by atoms with E-state index in [1.807, 2.05) is 0 Å². The average Bonchev–Trinajstić information content (AvgIpc) is 2.93. The van der Waals surface area contributed by atoms with Crippen LogP contribution in [-0.4, -0.2) is 49.6 Å². The van der Waals surface area contributed by atoms with Crippen LogP contribution >= 0.6 is 0 Å². The monoisotopic (exact) mass is 536 g/mol. The number of hydrogen-bond donors (Lipinski definition) is 1. The Morgan fingerprint density at radius 2 is 1.16 bits per heavy atom. The Kier molecular flexibility index (Phi) is 12.8. The van der Waals surface area contributed by atoms with E-state index in [-0.39, 0.29) is 32.2 Å². The Balaban J connectivity index is 1.28. The number of ether oxygens (including phenoxy) is 4. The van der Waals surface area contributed by atoms with Crippen LogP contribution in [0, 0.1) is 29.6 Å². The highest BCUT2D eigenvalue weighted by Gasteiger charge is 2.36. The second kappa shape index (κ2) is 15.8. The first-order valence-corrected chi connectivity index (χ1v) is 14.4. The molecule has 3 saturated carbocycles. The fourth-order valence-electron chi connectivity index (χ4n) is 6.73. The lowest BCUT2D eigenvalue weighted by atomic mass is 9.65. The van der Waals surface area contributed by atoms with Crippen LogP contribution in [0.15, 0.2) is 24.3 Å². The molecule has 8 heteroatoms. The summed E-state index contributed by atoms with van der Waals surface area (Å²) < 4.78 is 21.2. The van der Waals surface area contributed by atoms with Gasteiger partial charge in [-0.1, -0.05) is 13.2 Å². The lowest BCUT2D eigenvalue weighted by Gasteiger charge is -2.41. The van der Waals surface area contributed by atoms with Gasteiger partial charge in [0.25, 0.3) is 0 Å². The highest BCUT2D eigenvalue weighted by atomic mass is 17.1. The molecule has 216 valence electrons. The van der Waals surface area contributed by atoms with Gasteiger partial charge in [0.1, 0.15) is 12.7 Å². The minimum absolute atomic E-state index is 0.0772. The van der Waals surface area contributed by atoms with Crippen molar-refractivity contribution in [2.24, 2.45) is 29.6 Å². The van der Waals surface area contributed by atoms with Gasteiger partial charge in [-0.15, -0.1) is 0 Å². The number of esters is 2. The van der Waals surface area contributed by atoms with E-state index in [2.05, 4.69) is 13.2 Å². The lowest BCUT2D eigenvalue weighted by Crippen LogP contribution is -2.35. The van der Waals surface area contributed by atoms with Gasteiger partial charge in [0, 0.05) is 11.1 Å². The highest BCUT2D eigenvalue weighted by molar-refractivity contribution is 5.87. The van der Waals surface area contributed by atoms with Gasteiger partial charge in [-0.3, -0.25) is 5.26 Å². The van der Waals surface area contributed by atoms with E-state index in [9.17, 15) is 14.8 Å². The SMILES string of the molecule is C=C(C)C(=O)OCOCOC1CCC(C2CCC(C3CCC(C(COC(=O)C(=C)C)OO)CC3)CC2)CC1. The predicted molar refractivity (Wildman–Crippen MR) is 143 cm³/mol. The van der Waals surface area contributed by atoms with Gasteiger partial charge in [0.2, 0.25) is 0 Å². The first-order chi connectivity index (χ1) is 18.3. The number of carbonyl (C=O) groups excluding carboxylic acids is 2. The Labute approximate surface area is 228 Å². The third-order valence-corrected chi connectivity index (χ3v) is 9.08. The van der Waals surface area contributed by atoms with Crippen molar-refractivity contribution in [2.75, 3.05) is 20.2 Å². The van der Waals surface area contributed by atoms with Gasteiger partial charge >= 0.3 is 11.9 Å². The molecule has 0 heterocycles. The van der Waals surface area contributed by atoms with E-state index in [0.29, 0.717) is 11.1 Å². The number of hydrogen-bond acceptors (Lipinski definition) is 8. The summed E-state index contributed by atoms with van der Waals surface area (Å²) in [5.74, 6) is 2.52. The molecule has 0 spiro atoms.